The van der Waals surface area contributed by atoms with E-state index >= 15 is 0 Å². The third-order valence-electron chi connectivity index (χ3n) is 7.25. The van der Waals surface area contributed by atoms with E-state index in [4.69, 9.17) is 14.2 Å². The van der Waals surface area contributed by atoms with E-state index < -0.39 is 47.2 Å². The third-order valence-corrected chi connectivity index (χ3v) is 11.3. The molecular weight excluding hydrogens is 719 g/mol. The van der Waals surface area contributed by atoms with Crippen molar-refractivity contribution in [3.05, 3.63) is 48.5 Å². The second kappa shape index (κ2) is 14.8. The molecule has 0 saturated carbocycles. The predicted molar refractivity (Wildman–Crippen MR) is 184 cm³/mol. The highest BCUT2D eigenvalue weighted by atomic mass is 32.2. The number of ether oxygens (including phenoxy) is 3. The van der Waals surface area contributed by atoms with Crippen LogP contribution in [-0.4, -0.2) is 78.7 Å². The summed E-state index contributed by atoms with van der Waals surface area (Å²) in [7, 11) is -8.12. The molecule has 0 aromatic heterocycles. The summed E-state index contributed by atoms with van der Waals surface area (Å²) >= 11 is 0. The molecule has 20 heteroatoms. The molecule has 0 aliphatic rings. The largest absolute Gasteiger partial charge is 0.506 e. The molecular formula is C30H33N5O12S3. The zero-order valence-corrected chi connectivity index (χ0v) is 29.7. The second-order valence-corrected chi connectivity index (χ2v) is 16.2. The molecule has 0 bridgehead atoms. The fourth-order valence-corrected chi connectivity index (χ4v) is 7.02. The SMILES string of the molecule is CCS(=O)(=O)c1cc(O)c(N=Nc2ccc3c(N=Nc4cc(OC)c(S(=O)(=O)CC)cc4OC)c(NCS(=O)(=O)O)ccc3c2O)cc1OC. The van der Waals surface area contributed by atoms with Gasteiger partial charge in [0.05, 0.1) is 38.5 Å². The molecule has 4 aromatic carbocycles. The van der Waals surface area contributed by atoms with Gasteiger partial charge in [0, 0.05) is 35.0 Å². The van der Waals surface area contributed by atoms with Crippen LogP contribution >= 0.6 is 0 Å². The minimum atomic E-state index is -4.49. The van der Waals surface area contributed by atoms with Gasteiger partial charge in [-0.05, 0) is 24.3 Å². The standard InChI is InChI=1S/C30H33N5O12S3/c1-6-48(38,39)27-14-23(36)21(12-25(27)46-4)33-32-20-11-8-17-18(30(20)37)9-10-19(31-16-50(42,43)44)29(17)35-34-22-13-26(47-5)28(15-24(22)45-3)49(40,41)7-2/h8-15,31,36-37H,6-7,16H2,1-5H3,(H,42,43,44). The first kappa shape index (κ1) is 37.8. The molecule has 0 unspecified atom stereocenters. The van der Waals surface area contributed by atoms with Crippen molar-refractivity contribution in [3.8, 4) is 28.7 Å². The lowest BCUT2D eigenvalue weighted by molar-refractivity contribution is 0.393. The van der Waals surface area contributed by atoms with Crippen LogP contribution in [0.2, 0.25) is 0 Å². The molecule has 268 valence electrons. The molecule has 0 radical (unpaired) electrons. The van der Waals surface area contributed by atoms with Crippen molar-refractivity contribution >= 4 is 69.0 Å². The number of hydrogen-bond donors (Lipinski definition) is 4. The Hall–Kier alpha value is -5.05. The minimum absolute atomic E-state index is 0.00804. The highest BCUT2D eigenvalue weighted by Crippen LogP contribution is 2.45. The van der Waals surface area contributed by atoms with Crippen molar-refractivity contribution in [2.24, 2.45) is 20.5 Å². The summed E-state index contributed by atoms with van der Waals surface area (Å²) in [5.41, 5.74) is -0.131. The summed E-state index contributed by atoms with van der Waals surface area (Å²) in [6.45, 7) is 2.91. The Bertz CT molecular complexity index is 2350. The van der Waals surface area contributed by atoms with Gasteiger partial charge in [-0.1, -0.05) is 13.8 Å². The fourth-order valence-electron chi connectivity index (χ4n) is 4.58. The van der Waals surface area contributed by atoms with Crippen molar-refractivity contribution in [3.63, 3.8) is 0 Å². The van der Waals surface area contributed by atoms with Crippen molar-refractivity contribution in [1.29, 1.82) is 0 Å². The van der Waals surface area contributed by atoms with Gasteiger partial charge < -0.3 is 29.7 Å². The lowest BCUT2D eigenvalue weighted by Crippen LogP contribution is -2.13. The molecule has 0 aliphatic heterocycles. The van der Waals surface area contributed by atoms with Gasteiger partial charge in [-0.25, -0.2) is 16.8 Å². The number of aromatic hydroxyl groups is 2. The van der Waals surface area contributed by atoms with Crippen LogP contribution in [0.1, 0.15) is 13.8 Å². The Morgan fingerprint density at radius 3 is 1.72 bits per heavy atom. The number of sulfone groups is 2. The van der Waals surface area contributed by atoms with Crippen LogP contribution in [0, 0.1) is 0 Å². The number of azo groups is 2. The molecule has 17 nitrogen and oxygen atoms in total. The average Bonchev–Trinajstić information content (AvgIpc) is 3.08. The summed E-state index contributed by atoms with van der Waals surface area (Å²) in [4.78, 5) is -0.357. The number of phenols is 2. The number of hydrogen-bond acceptors (Lipinski definition) is 16. The molecule has 4 N–H and O–H groups in total. The van der Waals surface area contributed by atoms with Gasteiger partial charge in [0.2, 0.25) is 0 Å². The zero-order valence-electron chi connectivity index (χ0n) is 27.3. The molecule has 4 rings (SSSR count). The van der Waals surface area contributed by atoms with Gasteiger partial charge in [-0.15, -0.1) is 20.5 Å². The van der Waals surface area contributed by atoms with E-state index in [0.29, 0.717) is 0 Å². The van der Waals surface area contributed by atoms with Gasteiger partial charge in [0.15, 0.2) is 25.4 Å². The van der Waals surface area contributed by atoms with E-state index in [0.717, 1.165) is 6.07 Å². The van der Waals surface area contributed by atoms with Crippen LogP contribution < -0.4 is 19.5 Å². The molecule has 0 fully saturated rings. The first-order valence-electron chi connectivity index (χ1n) is 14.4. The number of anilines is 1. The van der Waals surface area contributed by atoms with Gasteiger partial charge >= 0.3 is 0 Å². The Morgan fingerprint density at radius 2 is 1.16 bits per heavy atom. The third kappa shape index (κ3) is 8.04. The van der Waals surface area contributed by atoms with E-state index in [1.165, 1.54) is 77.6 Å². The van der Waals surface area contributed by atoms with E-state index in [1.54, 1.807) is 0 Å². The van der Waals surface area contributed by atoms with Gasteiger partial charge in [-0.2, -0.15) is 8.42 Å². The lowest BCUT2D eigenvalue weighted by atomic mass is 10.1. The summed E-state index contributed by atoms with van der Waals surface area (Å²) < 4.78 is 98.3. The number of methoxy groups -OCH3 is 3. The Kier molecular flexibility index (Phi) is 11.2. The van der Waals surface area contributed by atoms with Crippen LogP contribution in [0.4, 0.5) is 28.4 Å². The molecule has 0 heterocycles. The number of benzene rings is 4. The van der Waals surface area contributed by atoms with Gasteiger partial charge in [-0.3, -0.25) is 4.55 Å². The molecule has 0 aliphatic carbocycles. The quantitative estimate of drug-likeness (QED) is 0.0859. The average molecular weight is 752 g/mol. The Balaban J connectivity index is 1.85. The monoisotopic (exact) mass is 751 g/mol. The van der Waals surface area contributed by atoms with E-state index in [-0.39, 0.29) is 77.8 Å². The van der Waals surface area contributed by atoms with Crippen LogP contribution in [0.15, 0.2) is 78.8 Å². The Morgan fingerprint density at radius 1 is 0.640 bits per heavy atom. The fraction of sp³-hybridized carbons (Fsp3) is 0.267. The summed E-state index contributed by atoms with van der Waals surface area (Å²) in [5.74, 6) is -2.33. The number of phenolic OH excluding ortho intramolecular Hbond substituents is 2. The molecule has 0 spiro atoms. The number of rotatable bonds is 14. The lowest BCUT2D eigenvalue weighted by Gasteiger charge is -2.13. The van der Waals surface area contributed by atoms with Crippen molar-refractivity contribution in [2.45, 2.75) is 23.6 Å². The topological polar surface area (TPSA) is 252 Å². The molecule has 0 saturated heterocycles. The highest BCUT2D eigenvalue weighted by Gasteiger charge is 2.23. The van der Waals surface area contributed by atoms with E-state index in [2.05, 4.69) is 25.8 Å². The van der Waals surface area contributed by atoms with Crippen molar-refractivity contribution in [1.82, 2.24) is 0 Å². The Labute approximate surface area is 287 Å². The number of nitrogens with one attached hydrogen (secondary N) is 1. The van der Waals surface area contributed by atoms with Crippen LogP contribution in [0.5, 0.6) is 28.7 Å². The summed E-state index contributed by atoms with van der Waals surface area (Å²) in [6.07, 6.45) is 0. The predicted octanol–water partition coefficient (Wildman–Crippen LogP) is 5.95. The van der Waals surface area contributed by atoms with E-state index in [1.807, 2.05) is 0 Å². The summed E-state index contributed by atoms with van der Waals surface area (Å²) in [5, 5.41) is 41.0. The van der Waals surface area contributed by atoms with Gasteiger partial charge in [0.1, 0.15) is 61.4 Å². The number of fused-ring (bicyclic) bond motifs is 1. The smallest absolute Gasteiger partial charge is 0.283 e. The summed E-state index contributed by atoms with van der Waals surface area (Å²) in [6, 6.07) is 10.3. The molecule has 50 heavy (non-hydrogen) atoms. The van der Waals surface area contributed by atoms with Crippen molar-refractivity contribution in [2.75, 3.05) is 44.0 Å². The zero-order chi connectivity index (χ0) is 37.0. The minimum Gasteiger partial charge on any atom is -0.506 e. The highest BCUT2D eigenvalue weighted by molar-refractivity contribution is 7.91. The van der Waals surface area contributed by atoms with Crippen LogP contribution in [0.25, 0.3) is 10.8 Å². The second-order valence-electron chi connectivity index (χ2n) is 10.3. The van der Waals surface area contributed by atoms with Crippen LogP contribution in [-0.2, 0) is 29.8 Å². The maximum absolute atomic E-state index is 12.6. The molecule has 0 atom stereocenters. The molecule has 4 aromatic rings. The van der Waals surface area contributed by atoms with E-state index in [9.17, 15) is 40.0 Å². The first-order valence-corrected chi connectivity index (χ1v) is 19.3. The number of nitrogens with zero attached hydrogens (tertiary/aromatic N) is 4. The maximum atomic E-state index is 12.6. The maximum Gasteiger partial charge on any atom is 0.283 e. The van der Waals surface area contributed by atoms with Crippen molar-refractivity contribution < 1.29 is 54.2 Å². The first-order chi connectivity index (χ1) is 23.5. The van der Waals surface area contributed by atoms with Gasteiger partial charge in [0.25, 0.3) is 10.1 Å². The van der Waals surface area contributed by atoms with Crippen LogP contribution in [0.3, 0.4) is 0 Å². The molecule has 0 amide bonds. The normalized spacial score (nSPS) is 12.5.